The summed E-state index contributed by atoms with van der Waals surface area (Å²) in [6, 6.07) is 0.422. The van der Waals surface area contributed by atoms with Gasteiger partial charge in [0.1, 0.15) is 0 Å². The lowest BCUT2D eigenvalue weighted by Gasteiger charge is -2.24. The zero-order chi connectivity index (χ0) is 10.6. The van der Waals surface area contributed by atoms with Crippen molar-refractivity contribution in [2.45, 2.75) is 26.4 Å². The zero-order valence-electron chi connectivity index (χ0n) is 9.01. The van der Waals surface area contributed by atoms with Gasteiger partial charge in [-0.1, -0.05) is 0 Å². The van der Waals surface area contributed by atoms with Crippen molar-refractivity contribution in [3.05, 3.63) is 11.1 Å². The van der Waals surface area contributed by atoms with Crippen molar-refractivity contribution in [2.24, 2.45) is 0 Å². The van der Waals surface area contributed by atoms with Crippen molar-refractivity contribution in [2.75, 3.05) is 18.9 Å². The molecule has 0 spiro atoms. The van der Waals surface area contributed by atoms with E-state index in [1.165, 1.54) is 11.3 Å². The van der Waals surface area contributed by atoms with Crippen LogP contribution in [0.15, 0.2) is 6.20 Å². The molecule has 1 rings (SSSR count). The van der Waals surface area contributed by atoms with Crippen molar-refractivity contribution in [1.29, 1.82) is 0 Å². The van der Waals surface area contributed by atoms with E-state index in [0.717, 1.165) is 11.4 Å². The second-order valence-corrected chi connectivity index (χ2v) is 4.60. The molecular weight excluding hydrogens is 234 g/mol. The van der Waals surface area contributed by atoms with Gasteiger partial charge in [0.15, 0.2) is 5.13 Å². The Morgan fingerprint density at radius 2 is 2.27 bits per heavy atom. The van der Waals surface area contributed by atoms with Gasteiger partial charge in [-0.2, -0.15) is 0 Å². The van der Waals surface area contributed by atoms with Crippen LogP contribution in [0.25, 0.3) is 0 Å². The van der Waals surface area contributed by atoms with E-state index in [1.807, 2.05) is 0 Å². The normalized spacial score (nSPS) is 10.7. The van der Waals surface area contributed by atoms with E-state index >= 15 is 0 Å². The van der Waals surface area contributed by atoms with E-state index in [-0.39, 0.29) is 19.0 Å². The van der Waals surface area contributed by atoms with Gasteiger partial charge in [0.05, 0.1) is 6.61 Å². The molecule has 0 aliphatic heterocycles. The zero-order valence-corrected chi connectivity index (χ0v) is 10.6. The quantitative estimate of drug-likeness (QED) is 0.829. The Labute approximate surface area is 101 Å². The number of hydrogen-bond donors (Lipinski definition) is 2. The van der Waals surface area contributed by atoms with Crippen molar-refractivity contribution in [1.82, 2.24) is 9.88 Å². The van der Waals surface area contributed by atoms with Gasteiger partial charge in [0.25, 0.3) is 0 Å². The van der Waals surface area contributed by atoms with Crippen LogP contribution in [0.5, 0.6) is 0 Å². The van der Waals surface area contributed by atoms with E-state index in [0.29, 0.717) is 17.7 Å². The Morgan fingerprint density at radius 3 is 2.67 bits per heavy atom. The summed E-state index contributed by atoms with van der Waals surface area (Å²) in [5.74, 6) is 0. The van der Waals surface area contributed by atoms with Gasteiger partial charge >= 0.3 is 0 Å². The minimum atomic E-state index is 0. The van der Waals surface area contributed by atoms with Crippen LogP contribution >= 0.6 is 23.7 Å². The third-order valence-corrected chi connectivity index (χ3v) is 2.86. The van der Waals surface area contributed by atoms with Crippen LogP contribution in [0.3, 0.4) is 0 Å². The Kier molecular flexibility index (Phi) is 6.84. The van der Waals surface area contributed by atoms with Gasteiger partial charge in [-0.25, -0.2) is 4.98 Å². The lowest BCUT2D eigenvalue weighted by Crippen LogP contribution is -2.32. The molecule has 6 heteroatoms. The lowest BCUT2D eigenvalue weighted by atomic mass is 10.3. The molecular formula is C9H18ClN3OS. The number of anilines is 1. The van der Waals surface area contributed by atoms with Gasteiger partial charge in [-0.3, -0.25) is 4.90 Å². The predicted octanol–water partition coefficient (Wildman–Crippen LogP) is 1.35. The first-order valence-electron chi connectivity index (χ1n) is 4.68. The van der Waals surface area contributed by atoms with Crippen LogP contribution in [-0.2, 0) is 6.54 Å². The molecule has 1 heterocycles. The summed E-state index contributed by atoms with van der Waals surface area (Å²) in [5.41, 5.74) is 5.54. The van der Waals surface area contributed by atoms with Gasteiger partial charge in [0, 0.05) is 30.2 Å². The highest BCUT2D eigenvalue weighted by Crippen LogP contribution is 2.17. The fourth-order valence-electron chi connectivity index (χ4n) is 1.24. The van der Waals surface area contributed by atoms with Crippen LogP contribution in [0.2, 0.25) is 0 Å². The average molecular weight is 252 g/mol. The third-order valence-electron chi connectivity index (χ3n) is 2.05. The van der Waals surface area contributed by atoms with E-state index < -0.39 is 0 Å². The minimum absolute atomic E-state index is 0. The van der Waals surface area contributed by atoms with Crippen LogP contribution in [0.1, 0.15) is 18.7 Å². The van der Waals surface area contributed by atoms with E-state index in [4.69, 9.17) is 10.8 Å². The Morgan fingerprint density at radius 1 is 1.60 bits per heavy atom. The first-order chi connectivity index (χ1) is 6.63. The fraction of sp³-hybridized carbons (Fsp3) is 0.667. The Bertz CT molecular complexity index is 280. The van der Waals surface area contributed by atoms with Crippen molar-refractivity contribution in [3.8, 4) is 0 Å². The van der Waals surface area contributed by atoms with Crippen LogP contribution in [0, 0.1) is 0 Å². The summed E-state index contributed by atoms with van der Waals surface area (Å²) in [6.45, 7) is 5.91. The number of nitrogens with zero attached hydrogens (tertiary/aromatic N) is 2. The average Bonchev–Trinajstić information content (AvgIpc) is 2.50. The number of aliphatic hydroxyl groups is 1. The first-order valence-corrected chi connectivity index (χ1v) is 5.50. The number of aromatic nitrogens is 1. The lowest BCUT2D eigenvalue weighted by molar-refractivity contribution is 0.160. The molecule has 0 bridgehead atoms. The number of nitrogens with two attached hydrogens (primary N) is 1. The van der Waals surface area contributed by atoms with E-state index in [9.17, 15) is 0 Å². The molecule has 0 saturated carbocycles. The highest BCUT2D eigenvalue weighted by molar-refractivity contribution is 7.15. The largest absolute Gasteiger partial charge is 0.395 e. The van der Waals surface area contributed by atoms with Crippen LogP contribution < -0.4 is 5.73 Å². The minimum Gasteiger partial charge on any atom is -0.395 e. The van der Waals surface area contributed by atoms with Crippen LogP contribution in [-0.4, -0.2) is 34.2 Å². The second kappa shape index (κ2) is 7.00. The molecule has 1 aromatic heterocycles. The smallest absolute Gasteiger partial charge is 0.180 e. The maximum Gasteiger partial charge on any atom is 0.180 e. The van der Waals surface area contributed by atoms with Gasteiger partial charge in [-0.05, 0) is 13.8 Å². The van der Waals surface area contributed by atoms with Crippen molar-refractivity contribution < 1.29 is 5.11 Å². The molecule has 1 aromatic rings. The Hall–Kier alpha value is -0.360. The maximum absolute atomic E-state index is 8.89. The molecule has 15 heavy (non-hydrogen) atoms. The molecule has 0 radical (unpaired) electrons. The van der Waals surface area contributed by atoms with Gasteiger partial charge < -0.3 is 10.8 Å². The predicted molar refractivity (Wildman–Crippen MR) is 66.4 cm³/mol. The summed E-state index contributed by atoms with van der Waals surface area (Å²) >= 11 is 1.50. The van der Waals surface area contributed by atoms with E-state index in [2.05, 4.69) is 23.7 Å². The molecule has 3 N–H and O–H groups in total. The highest BCUT2D eigenvalue weighted by atomic mass is 35.5. The van der Waals surface area contributed by atoms with Gasteiger partial charge in [-0.15, -0.1) is 23.7 Å². The number of rotatable bonds is 5. The molecule has 0 unspecified atom stereocenters. The topological polar surface area (TPSA) is 62.4 Å². The molecule has 4 nitrogen and oxygen atoms in total. The summed E-state index contributed by atoms with van der Waals surface area (Å²) in [6.07, 6.45) is 1.80. The van der Waals surface area contributed by atoms with E-state index in [1.54, 1.807) is 6.20 Å². The molecule has 0 saturated heterocycles. The van der Waals surface area contributed by atoms with Crippen molar-refractivity contribution >= 4 is 28.9 Å². The number of halogens is 1. The summed E-state index contributed by atoms with van der Waals surface area (Å²) < 4.78 is 0. The molecule has 0 atom stereocenters. The summed E-state index contributed by atoms with van der Waals surface area (Å²) in [5, 5.41) is 9.49. The number of aliphatic hydroxyl groups excluding tert-OH is 1. The monoisotopic (exact) mass is 251 g/mol. The van der Waals surface area contributed by atoms with Crippen molar-refractivity contribution in [3.63, 3.8) is 0 Å². The Balaban J connectivity index is 0.00000196. The number of thiazole rings is 1. The molecule has 0 fully saturated rings. The molecule has 0 aliphatic rings. The molecule has 0 amide bonds. The van der Waals surface area contributed by atoms with Crippen LogP contribution in [0.4, 0.5) is 5.13 Å². The number of nitrogen functional groups attached to an aromatic ring is 1. The molecule has 0 aromatic carbocycles. The third kappa shape index (κ3) is 4.79. The van der Waals surface area contributed by atoms with Gasteiger partial charge in [0.2, 0.25) is 0 Å². The summed E-state index contributed by atoms with van der Waals surface area (Å²) in [7, 11) is 0. The fourth-order valence-corrected chi connectivity index (χ4v) is 1.95. The first kappa shape index (κ1) is 14.6. The highest BCUT2D eigenvalue weighted by Gasteiger charge is 2.10. The second-order valence-electron chi connectivity index (χ2n) is 3.45. The standard InChI is InChI=1S/C9H17N3OS.ClH/c1-7(2)12(3-4-13)6-8-5-11-9(10)14-8;/h5,7,13H,3-4,6H2,1-2H3,(H2,10,11);1H. The molecule has 88 valence electrons. The summed E-state index contributed by atoms with van der Waals surface area (Å²) in [4.78, 5) is 7.33. The molecule has 0 aliphatic carbocycles. The maximum atomic E-state index is 8.89. The SMILES string of the molecule is CC(C)N(CCO)Cc1cnc(N)s1.Cl. The number of hydrogen-bond acceptors (Lipinski definition) is 5.